The summed E-state index contributed by atoms with van der Waals surface area (Å²) in [7, 11) is 0. The molecule has 0 aliphatic carbocycles. The number of benzene rings is 1. The average molecular weight is 288 g/mol. The highest BCUT2D eigenvalue weighted by Gasteiger charge is 2.24. The van der Waals surface area contributed by atoms with Crippen LogP contribution in [-0.2, 0) is 4.79 Å². The molecule has 19 heavy (non-hydrogen) atoms. The summed E-state index contributed by atoms with van der Waals surface area (Å²) in [6.07, 6.45) is 2.12. The van der Waals surface area contributed by atoms with Crippen LogP contribution in [0.25, 0.3) is 0 Å². The molecule has 1 aromatic rings. The number of hydrogen-bond acceptors (Lipinski definition) is 3. The Balaban J connectivity index is 0.00000180. The third-order valence-electron chi connectivity index (χ3n) is 3.23. The van der Waals surface area contributed by atoms with Crippen LogP contribution >= 0.6 is 12.4 Å². The molecule has 1 unspecified atom stereocenters. The van der Waals surface area contributed by atoms with Gasteiger partial charge in [0.2, 0.25) is 5.91 Å². The van der Waals surface area contributed by atoms with Crippen LogP contribution in [0.5, 0.6) is 0 Å². The topological polar surface area (TPSA) is 58.4 Å². The number of carbonyl (C=O) groups is 1. The Morgan fingerprint density at radius 1 is 1.53 bits per heavy atom. The summed E-state index contributed by atoms with van der Waals surface area (Å²) in [5.74, 6) is -0.477. The first-order valence-electron chi connectivity index (χ1n) is 6.18. The van der Waals surface area contributed by atoms with Gasteiger partial charge in [0, 0.05) is 18.3 Å². The lowest BCUT2D eigenvalue weighted by Gasteiger charge is -2.22. The zero-order valence-electron chi connectivity index (χ0n) is 10.6. The van der Waals surface area contributed by atoms with Gasteiger partial charge in [-0.3, -0.25) is 9.69 Å². The van der Waals surface area contributed by atoms with Crippen molar-refractivity contribution in [3.8, 4) is 0 Å². The first kappa shape index (κ1) is 15.9. The van der Waals surface area contributed by atoms with E-state index in [1.165, 1.54) is 12.1 Å². The number of hydrogen-bond donors (Lipinski definition) is 2. The van der Waals surface area contributed by atoms with E-state index in [-0.39, 0.29) is 24.1 Å². The number of anilines is 1. The van der Waals surface area contributed by atoms with Crippen molar-refractivity contribution in [2.24, 2.45) is 5.73 Å². The van der Waals surface area contributed by atoms with E-state index in [2.05, 4.69) is 10.2 Å². The molecule has 1 amide bonds. The van der Waals surface area contributed by atoms with Crippen molar-refractivity contribution in [3.63, 3.8) is 0 Å². The van der Waals surface area contributed by atoms with Gasteiger partial charge in [0.05, 0.1) is 6.54 Å². The second-order valence-corrected chi connectivity index (χ2v) is 4.56. The minimum absolute atomic E-state index is 0. The highest BCUT2D eigenvalue weighted by molar-refractivity contribution is 5.92. The molecule has 6 heteroatoms. The molecule has 4 nitrogen and oxygen atoms in total. The monoisotopic (exact) mass is 287 g/mol. The van der Waals surface area contributed by atoms with Gasteiger partial charge in [0.15, 0.2) is 0 Å². The Labute approximate surface area is 118 Å². The molecule has 1 aliphatic heterocycles. The number of amides is 1. The molecule has 1 aliphatic rings. The number of likely N-dealkylation sites (tertiary alicyclic amines) is 1. The fraction of sp³-hybridized carbons (Fsp3) is 0.462. The molecule has 1 fully saturated rings. The summed E-state index contributed by atoms with van der Waals surface area (Å²) < 4.78 is 13.0. The molecular formula is C13H19ClFN3O. The summed E-state index contributed by atoms with van der Waals surface area (Å²) in [6, 6.07) is 6.20. The second-order valence-electron chi connectivity index (χ2n) is 4.56. The normalized spacial score (nSPS) is 18.9. The molecule has 1 atom stereocenters. The molecule has 2 rings (SSSR count). The third-order valence-corrected chi connectivity index (χ3v) is 3.23. The van der Waals surface area contributed by atoms with E-state index in [1.807, 2.05) is 0 Å². The lowest BCUT2D eigenvalue weighted by atomic mass is 10.2. The molecular weight excluding hydrogens is 269 g/mol. The Kier molecular flexibility index (Phi) is 6.21. The molecule has 3 N–H and O–H groups in total. The Morgan fingerprint density at radius 3 is 3.00 bits per heavy atom. The first-order chi connectivity index (χ1) is 8.69. The van der Waals surface area contributed by atoms with E-state index in [0.29, 0.717) is 24.8 Å². The van der Waals surface area contributed by atoms with Crippen molar-refractivity contribution in [1.82, 2.24) is 4.90 Å². The van der Waals surface area contributed by atoms with Crippen LogP contribution in [0.2, 0.25) is 0 Å². The second kappa shape index (κ2) is 7.43. The Bertz CT molecular complexity index is 430. The standard InChI is InChI=1S/C13H18FN3O.ClH/c14-10-3-1-4-11(7-10)16-13(18)9-17-6-2-5-12(17)8-15;/h1,3-4,7,12H,2,5-6,8-9,15H2,(H,16,18);1H. The predicted molar refractivity (Wildman–Crippen MR) is 75.9 cm³/mol. The summed E-state index contributed by atoms with van der Waals surface area (Å²) in [4.78, 5) is 13.9. The van der Waals surface area contributed by atoms with E-state index in [9.17, 15) is 9.18 Å². The van der Waals surface area contributed by atoms with Crippen LogP contribution in [0, 0.1) is 5.82 Å². The summed E-state index contributed by atoms with van der Waals surface area (Å²) in [6.45, 7) is 1.80. The van der Waals surface area contributed by atoms with E-state index in [4.69, 9.17) is 5.73 Å². The van der Waals surface area contributed by atoms with E-state index >= 15 is 0 Å². The average Bonchev–Trinajstić information content (AvgIpc) is 2.76. The number of rotatable bonds is 4. The summed E-state index contributed by atoms with van der Waals surface area (Å²) in [5, 5.41) is 2.69. The van der Waals surface area contributed by atoms with Crippen LogP contribution in [-0.4, -0.2) is 36.5 Å². The van der Waals surface area contributed by atoms with Crippen LogP contribution in [0.4, 0.5) is 10.1 Å². The minimum Gasteiger partial charge on any atom is -0.329 e. The lowest BCUT2D eigenvalue weighted by Crippen LogP contribution is -2.40. The van der Waals surface area contributed by atoms with Crippen LogP contribution in [0.15, 0.2) is 24.3 Å². The van der Waals surface area contributed by atoms with Crippen molar-refractivity contribution < 1.29 is 9.18 Å². The summed E-state index contributed by atoms with van der Waals surface area (Å²) >= 11 is 0. The predicted octanol–water partition coefficient (Wildman–Crippen LogP) is 1.61. The molecule has 0 bridgehead atoms. The molecule has 1 heterocycles. The maximum atomic E-state index is 13.0. The molecule has 0 spiro atoms. The van der Waals surface area contributed by atoms with Gasteiger partial charge in [-0.15, -0.1) is 12.4 Å². The molecule has 106 valence electrons. The maximum Gasteiger partial charge on any atom is 0.238 e. The quantitative estimate of drug-likeness (QED) is 0.884. The number of halogens is 2. The Morgan fingerprint density at radius 2 is 2.32 bits per heavy atom. The molecule has 1 aromatic carbocycles. The van der Waals surface area contributed by atoms with Crippen molar-refractivity contribution >= 4 is 24.0 Å². The van der Waals surface area contributed by atoms with Crippen molar-refractivity contribution in [2.75, 3.05) is 25.0 Å². The molecule has 0 saturated carbocycles. The largest absolute Gasteiger partial charge is 0.329 e. The van der Waals surface area contributed by atoms with Crippen molar-refractivity contribution in [2.45, 2.75) is 18.9 Å². The molecule has 0 aromatic heterocycles. The van der Waals surface area contributed by atoms with Gasteiger partial charge in [0.25, 0.3) is 0 Å². The molecule has 0 radical (unpaired) electrons. The smallest absolute Gasteiger partial charge is 0.238 e. The fourth-order valence-corrected chi connectivity index (χ4v) is 2.32. The highest BCUT2D eigenvalue weighted by Crippen LogP contribution is 2.16. The number of nitrogens with zero attached hydrogens (tertiary/aromatic N) is 1. The van der Waals surface area contributed by atoms with Gasteiger partial charge in [-0.2, -0.15) is 0 Å². The zero-order chi connectivity index (χ0) is 13.0. The number of carbonyl (C=O) groups excluding carboxylic acids is 1. The number of nitrogens with one attached hydrogen (secondary N) is 1. The molecule has 1 saturated heterocycles. The van der Waals surface area contributed by atoms with Crippen LogP contribution in [0.3, 0.4) is 0 Å². The first-order valence-corrected chi connectivity index (χ1v) is 6.18. The van der Waals surface area contributed by atoms with Gasteiger partial charge < -0.3 is 11.1 Å². The lowest BCUT2D eigenvalue weighted by molar-refractivity contribution is -0.117. The SMILES string of the molecule is Cl.NCC1CCCN1CC(=O)Nc1cccc(F)c1. The van der Waals surface area contributed by atoms with E-state index in [0.717, 1.165) is 19.4 Å². The third kappa shape index (κ3) is 4.45. The van der Waals surface area contributed by atoms with Crippen molar-refractivity contribution in [3.05, 3.63) is 30.1 Å². The van der Waals surface area contributed by atoms with Gasteiger partial charge in [-0.25, -0.2) is 4.39 Å². The van der Waals surface area contributed by atoms with E-state index in [1.54, 1.807) is 12.1 Å². The van der Waals surface area contributed by atoms with Crippen molar-refractivity contribution in [1.29, 1.82) is 0 Å². The van der Waals surface area contributed by atoms with Gasteiger partial charge in [0.1, 0.15) is 5.82 Å². The minimum atomic E-state index is -0.353. The van der Waals surface area contributed by atoms with Crippen LogP contribution < -0.4 is 11.1 Å². The van der Waals surface area contributed by atoms with E-state index < -0.39 is 0 Å². The van der Waals surface area contributed by atoms with Gasteiger partial charge in [-0.05, 0) is 37.6 Å². The highest BCUT2D eigenvalue weighted by atomic mass is 35.5. The van der Waals surface area contributed by atoms with Gasteiger partial charge in [-0.1, -0.05) is 6.07 Å². The maximum absolute atomic E-state index is 13.0. The van der Waals surface area contributed by atoms with Gasteiger partial charge >= 0.3 is 0 Å². The summed E-state index contributed by atoms with van der Waals surface area (Å²) in [5.41, 5.74) is 6.14. The zero-order valence-corrected chi connectivity index (χ0v) is 11.5. The fourth-order valence-electron chi connectivity index (χ4n) is 2.32. The Hall–Kier alpha value is -1.17. The number of nitrogens with two attached hydrogens (primary N) is 1. The van der Waals surface area contributed by atoms with Crippen LogP contribution in [0.1, 0.15) is 12.8 Å².